The third-order valence-electron chi connectivity index (χ3n) is 7.76. The van der Waals surface area contributed by atoms with E-state index in [2.05, 4.69) is 0 Å². The lowest BCUT2D eigenvalue weighted by Crippen LogP contribution is -2.54. The summed E-state index contributed by atoms with van der Waals surface area (Å²) in [6, 6.07) is 24.4. The fourth-order valence-electron chi connectivity index (χ4n) is 5.30. The lowest BCUT2D eigenvalue weighted by molar-refractivity contribution is -0.219. The Morgan fingerprint density at radius 3 is 1.96 bits per heavy atom. The smallest absolute Gasteiger partial charge is 0.377 e. The number of carbonyl (C=O) groups excluding carboxylic acids is 1. The van der Waals surface area contributed by atoms with Crippen LogP contribution in [0, 0.1) is 0 Å². The monoisotopic (exact) mass is 670 g/mol. The largest absolute Gasteiger partial charge is 0.480 e. The molecule has 0 aromatic heterocycles. The van der Waals surface area contributed by atoms with Gasteiger partial charge in [0.1, 0.15) is 18.0 Å². The summed E-state index contributed by atoms with van der Waals surface area (Å²) in [5.74, 6) is -10.2. The summed E-state index contributed by atoms with van der Waals surface area (Å²) in [5, 5.41) is 29.1. The first-order valence-corrected chi connectivity index (χ1v) is 16.0. The molecule has 0 spiro atoms. The minimum atomic E-state index is -4.70. The zero-order chi connectivity index (χ0) is 34.4. The van der Waals surface area contributed by atoms with Crippen LogP contribution in [0.2, 0.25) is 0 Å². The number of carbonyl (C=O) groups is 4. The van der Waals surface area contributed by atoms with Crippen molar-refractivity contribution in [2.75, 3.05) is 13.6 Å². The van der Waals surface area contributed by atoms with E-state index in [4.69, 9.17) is 14.2 Å². The van der Waals surface area contributed by atoms with Crippen LogP contribution < -0.4 is 9.46 Å². The molecule has 1 heterocycles. The summed E-state index contributed by atoms with van der Waals surface area (Å²) >= 11 is 0. The number of benzene rings is 3. The molecule has 15 heteroatoms. The Morgan fingerprint density at radius 1 is 0.872 bits per heavy atom. The molecule has 14 nitrogen and oxygen atoms in total. The van der Waals surface area contributed by atoms with Crippen molar-refractivity contribution in [2.24, 2.45) is 0 Å². The minimum absolute atomic E-state index is 0.391. The molecule has 3 aromatic rings. The molecule has 0 radical (unpaired) electrons. The van der Waals surface area contributed by atoms with Gasteiger partial charge in [0.05, 0.1) is 0 Å². The van der Waals surface area contributed by atoms with Crippen LogP contribution in [0.1, 0.15) is 30.4 Å². The standard InChI is InChI=1S/C32H34N2O12S/c1-20(34(19-26(35)36)28(37)27-29(47(42,43)33-2)46-32(45-27,30(38)39)31(40)41)25(18-13-21-9-5-3-6-10-21)22-14-16-24(17-15-22)44-23-11-7-4-8-12-23/h3-12,14-17,20,25,27,29,33H,13,18-19H2,1-2H3,(H,35,36)(H,38,39)(H,40,41). The van der Waals surface area contributed by atoms with Gasteiger partial charge in [-0.3, -0.25) is 9.59 Å². The number of aliphatic carboxylic acids is 3. The molecule has 3 aromatic carbocycles. The van der Waals surface area contributed by atoms with Crippen LogP contribution in [0.15, 0.2) is 84.9 Å². The van der Waals surface area contributed by atoms with Crippen LogP contribution in [0.4, 0.5) is 0 Å². The number of hydrogen-bond donors (Lipinski definition) is 4. The molecule has 1 saturated heterocycles. The number of nitrogens with zero attached hydrogens (tertiary/aromatic N) is 1. The molecule has 1 amide bonds. The summed E-state index contributed by atoms with van der Waals surface area (Å²) in [6.07, 6.45) is -1.45. The van der Waals surface area contributed by atoms with Gasteiger partial charge in [0.25, 0.3) is 5.91 Å². The van der Waals surface area contributed by atoms with Crippen LogP contribution in [0.5, 0.6) is 11.5 Å². The van der Waals surface area contributed by atoms with E-state index in [1.807, 2.05) is 53.3 Å². The summed E-state index contributed by atoms with van der Waals surface area (Å²) in [4.78, 5) is 50.9. The van der Waals surface area contributed by atoms with Gasteiger partial charge in [-0.1, -0.05) is 60.7 Å². The fraction of sp³-hybridized carbons (Fsp3) is 0.312. The Kier molecular flexibility index (Phi) is 11.0. The lowest BCUT2D eigenvalue weighted by Gasteiger charge is -2.36. The second-order valence-corrected chi connectivity index (χ2v) is 12.7. The first-order chi connectivity index (χ1) is 22.3. The molecule has 1 aliphatic heterocycles. The van der Waals surface area contributed by atoms with Gasteiger partial charge in [0.15, 0.2) is 6.10 Å². The van der Waals surface area contributed by atoms with E-state index in [0.717, 1.165) is 17.5 Å². The van der Waals surface area contributed by atoms with Gasteiger partial charge < -0.3 is 34.4 Å². The van der Waals surface area contributed by atoms with E-state index in [1.165, 1.54) is 0 Å². The highest BCUT2D eigenvalue weighted by Gasteiger charge is 2.65. The molecule has 47 heavy (non-hydrogen) atoms. The molecule has 1 fully saturated rings. The topological polar surface area (TPSA) is 206 Å². The molecule has 0 aliphatic carbocycles. The van der Waals surface area contributed by atoms with Crippen LogP contribution in [-0.4, -0.2) is 89.4 Å². The Bertz CT molecular complexity index is 1670. The van der Waals surface area contributed by atoms with Gasteiger partial charge in [0, 0.05) is 12.0 Å². The van der Waals surface area contributed by atoms with Gasteiger partial charge in [0.2, 0.25) is 15.5 Å². The zero-order valence-corrected chi connectivity index (χ0v) is 26.2. The number of amides is 1. The molecule has 250 valence electrons. The van der Waals surface area contributed by atoms with E-state index in [-0.39, 0.29) is 0 Å². The Morgan fingerprint density at radius 2 is 1.43 bits per heavy atom. The number of aryl methyl sites for hydroxylation is 1. The highest BCUT2D eigenvalue weighted by atomic mass is 32.2. The number of hydrogen-bond acceptors (Lipinski definition) is 9. The predicted molar refractivity (Wildman–Crippen MR) is 165 cm³/mol. The first-order valence-electron chi connectivity index (χ1n) is 14.4. The highest BCUT2D eigenvalue weighted by molar-refractivity contribution is 7.90. The number of carboxylic acids is 3. The van der Waals surface area contributed by atoms with Crippen molar-refractivity contribution in [1.82, 2.24) is 9.62 Å². The minimum Gasteiger partial charge on any atom is -0.480 e. The van der Waals surface area contributed by atoms with E-state index in [1.54, 1.807) is 43.3 Å². The van der Waals surface area contributed by atoms with Crippen molar-refractivity contribution in [2.45, 2.75) is 49.1 Å². The molecule has 0 saturated carbocycles. The average molecular weight is 671 g/mol. The number of ether oxygens (including phenoxy) is 3. The van der Waals surface area contributed by atoms with Crippen LogP contribution in [-0.2, 0) is 45.1 Å². The normalized spacial score (nSPS) is 18.5. The van der Waals surface area contributed by atoms with Crippen molar-refractivity contribution in [1.29, 1.82) is 0 Å². The number of rotatable bonds is 15. The van der Waals surface area contributed by atoms with Crippen LogP contribution >= 0.6 is 0 Å². The van der Waals surface area contributed by atoms with Crippen LogP contribution in [0.3, 0.4) is 0 Å². The summed E-state index contributed by atoms with van der Waals surface area (Å²) in [6.45, 7) is 0.611. The van der Waals surface area contributed by atoms with E-state index in [0.29, 0.717) is 29.9 Å². The molecule has 4 atom stereocenters. The average Bonchev–Trinajstić information content (AvgIpc) is 3.49. The maximum absolute atomic E-state index is 14.1. The summed E-state index contributed by atoms with van der Waals surface area (Å²) in [7, 11) is -3.75. The van der Waals surface area contributed by atoms with Gasteiger partial charge >= 0.3 is 23.7 Å². The van der Waals surface area contributed by atoms with E-state index >= 15 is 0 Å². The summed E-state index contributed by atoms with van der Waals surface area (Å²) < 4.78 is 43.5. The van der Waals surface area contributed by atoms with Crippen molar-refractivity contribution in [3.05, 3.63) is 96.1 Å². The quantitative estimate of drug-likeness (QED) is 0.172. The highest BCUT2D eigenvalue weighted by Crippen LogP contribution is 2.36. The summed E-state index contributed by atoms with van der Waals surface area (Å²) in [5.41, 5.74) is -0.788. The Hall–Kier alpha value is -4.83. The Labute approximate surface area is 270 Å². The van der Waals surface area contributed by atoms with Gasteiger partial charge in [-0.15, -0.1) is 0 Å². The number of carboxylic acid groups (broad SMARTS) is 3. The molecule has 4 unspecified atom stereocenters. The molecule has 1 aliphatic rings. The number of nitrogens with one attached hydrogen (secondary N) is 1. The zero-order valence-electron chi connectivity index (χ0n) is 25.4. The first kappa shape index (κ1) is 35.0. The number of sulfonamides is 1. The second kappa shape index (κ2) is 14.7. The molecular weight excluding hydrogens is 636 g/mol. The number of para-hydroxylation sites is 1. The van der Waals surface area contributed by atoms with Crippen molar-refractivity contribution in [3.63, 3.8) is 0 Å². The van der Waals surface area contributed by atoms with Gasteiger partial charge in [-0.25, -0.2) is 22.7 Å². The second-order valence-electron chi connectivity index (χ2n) is 10.7. The maximum Gasteiger partial charge on any atom is 0.377 e. The van der Waals surface area contributed by atoms with Crippen molar-refractivity contribution >= 4 is 33.8 Å². The maximum atomic E-state index is 14.1. The third-order valence-corrected chi connectivity index (χ3v) is 9.28. The van der Waals surface area contributed by atoms with E-state index < -0.39 is 69.7 Å². The van der Waals surface area contributed by atoms with Gasteiger partial charge in [-0.2, -0.15) is 0 Å². The molecule has 0 bridgehead atoms. The van der Waals surface area contributed by atoms with Crippen molar-refractivity contribution < 1.29 is 57.1 Å². The van der Waals surface area contributed by atoms with Crippen LogP contribution in [0.25, 0.3) is 0 Å². The fourth-order valence-corrected chi connectivity index (χ4v) is 6.29. The molecule has 4 N–H and O–H groups in total. The SMILES string of the molecule is CNS(=O)(=O)C1OC(C(=O)O)(C(=O)O)OC1C(=O)N(CC(=O)O)C(C)C(CCc1ccccc1)c1ccc(Oc2ccccc2)cc1. The molecular formula is C32H34N2O12S. The van der Waals surface area contributed by atoms with Crippen molar-refractivity contribution in [3.8, 4) is 11.5 Å². The molecule has 4 rings (SSSR count). The van der Waals surface area contributed by atoms with E-state index in [9.17, 15) is 42.9 Å². The lowest BCUT2D eigenvalue weighted by atomic mass is 9.85. The Balaban J connectivity index is 1.72. The van der Waals surface area contributed by atoms with Gasteiger partial charge in [-0.05, 0) is 62.2 Å². The third kappa shape index (κ3) is 7.94. The predicted octanol–water partition coefficient (Wildman–Crippen LogP) is 2.65.